The van der Waals surface area contributed by atoms with Gasteiger partial charge in [-0.15, -0.1) is 0 Å². The lowest BCUT2D eigenvalue weighted by molar-refractivity contribution is -0.154. The maximum Gasteiger partial charge on any atom is 0.306 e. The van der Waals surface area contributed by atoms with E-state index in [4.69, 9.17) is 9.73 Å². The van der Waals surface area contributed by atoms with Gasteiger partial charge in [-0.1, -0.05) is 0 Å². The van der Waals surface area contributed by atoms with Crippen LogP contribution in [0.3, 0.4) is 0 Å². The number of aliphatic imine (C=N–C) groups is 2. The molecular formula is C23H25N5O3. The molecule has 0 bridgehead atoms. The van der Waals surface area contributed by atoms with E-state index < -0.39 is 5.60 Å². The molecule has 8 heteroatoms. The van der Waals surface area contributed by atoms with Gasteiger partial charge in [0.25, 0.3) is 0 Å². The highest BCUT2D eigenvalue weighted by Gasteiger charge is 2.31. The average Bonchev–Trinajstić information content (AvgIpc) is 3.22. The summed E-state index contributed by atoms with van der Waals surface area (Å²) in [4.78, 5) is 44.7. The van der Waals surface area contributed by atoms with E-state index >= 15 is 0 Å². The molecule has 0 N–H and O–H groups in total. The van der Waals surface area contributed by atoms with Crippen LogP contribution in [-0.4, -0.2) is 57.0 Å². The van der Waals surface area contributed by atoms with E-state index in [2.05, 4.69) is 15.0 Å². The summed E-state index contributed by atoms with van der Waals surface area (Å²) in [5, 5.41) is 0. The Morgan fingerprint density at radius 1 is 1.19 bits per heavy atom. The molecule has 8 nitrogen and oxygen atoms in total. The molecule has 0 atom stereocenters. The number of ketones is 1. The number of fused-ring (bicyclic) bond motifs is 3. The molecule has 160 valence electrons. The lowest BCUT2D eigenvalue weighted by Gasteiger charge is -2.27. The number of pyridine rings is 2. The minimum atomic E-state index is -0.509. The standard InChI is InChI=1S/C23H25N5O3/c1-23(2,3)31-20(30)9-7-16-6-8-17-21(26-16)27-19(28-12-11-25-22(17)28)13-18(29)15-5-4-10-24-14-15/h4-6,8,10,14H,7,9,11-13H2,1-3H3. The van der Waals surface area contributed by atoms with Crippen molar-refractivity contribution in [3.8, 4) is 0 Å². The van der Waals surface area contributed by atoms with E-state index in [1.54, 1.807) is 24.5 Å². The van der Waals surface area contributed by atoms with Crippen LogP contribution in [0, 0.1) is 0 Å². The molecule has 0 saturated carbocycles. The molecule has 4 heterocycles. The van der Waals surface area contributed by atoms with Crippen molar-refractivity contribution in [2.24, 2.45) is 9.98 Å². The van der Waals surface area contributed by atoms with Gasteiger partial charge >= 0.3 is 5.97 Å². The van der Waals surface area contributed by atoms with Gasteiger partial charge in [-0.2, -0.15) is 0 Å². The van der Waals surface area contributed by atoms with Crippen molar-refractivity contribution in [1.82, 2.24) is 14.9 Å². The Labute approximate surface area is 181 Å². The van der Waals surface area contributed by atoms with E-state index in [9.17, 15) is 9.59 Å². The van der Waals surface area contributed by atoms with Crippen LogP contribution in [-0.2, 0) is 16.0 Å². The van der Waals surface area contributed by atoms with Crippen LogP contribution < -0.4 is 0 Å². The van der Waals surface area contributed by atoms with E-state index in [1.807, 2.05) is 37.8 Å². The maximum atomic E-state index is 12.7. The number of Topliss-reactive ketones (excluding diaryl/α,β-unsaturated/α-hetero) is 1. The molecular weight excluding hydrogens is 394 g/mol. The first-order valence-corrected chi connectivity index (χ1v) is 10.3. The summed E-state index contributed by atoms with van der Waals surface area (Å²) in [5.41, 5.74) is 1.63. The summed E-state index contributed by atoms with van der Waals surface area (Å²) >= 11 is 0. The van der Waals surface area contributed by atoms with Crippen molar-refractivity contribution in [3.63, 3.8) is 0 Å². The first kappa shape index (κ1) is 20.8. The third-order valence-corrected chi connectivity index (χ3v) is 4.87. The van der Waals surface area contributed by atoms with Crippen LogP contribution in [0.5, 0.6) is 0 Å². The number of hydrogen-bond donors (Lipinski definition) is 0. The van der Waals surface area contributed by atoms with Gasteiger partial charge in [0, 0.05) is 36.6 Å². The number of aryl methyl sites for hydroxylation is 1. The zero-order valence-corrected chi connectivity index (χ0v) is 18.0. The number of carbonyl (C=O) groups excluding carboxylic acids is 2. The first-order valence-electron chi connectivity index (χ1n) is 10.3. The summed E-state index contributed by atoms with van der Waals surface area (Å²) < 4.78 is 5.37. The Hall–Kier alpha value is -3.42. The number of carbonyl (C=O) groups is 2. The Kier molecular flexibility index (Phi) is 5.63. The molecule has 2 aromatic rings. The SMILES string of the molecule is CC(C)(C)OC(=O)CCc1ccc2c(n1)N=C(CC(=O)c1cccnc1)N1CCN=C21. The van der Waals surface area contributed by atoms with Crippen LogP contribution in [0.15, 0.2) is 46.6 Å². The molecule has 0 aliphatic carbocycles. The maximum absolute atomic E-state index is 12.7. The van der Waals surface area contributed by atoms with Crippen molar-refractivity contribution in [3.05, 3.63) is 53.5 Å². The zero-order chi connectivity index (χ0) is 22.0. The van der Waals surface area contributed by atoms with Crippen LogP contribution in [0.2, 0.25) is 0 Å². The van der Waals surface area contributed by atoms with Gasteiger partial charge < -0.3 is 9.64 Å². The highest BCUT2D eigenvalue weighted by Crippen LogP contribution is 2.29. The lowest BCUT2D eigenvalue weighted by Crippen LogP contribution is -2.38. The van der Waals surface area contributed by atoms with Crippen LogP contribution in [0.25, 0.3) is 0 Å². The van der Waals surface area contributed by atoms with E-state index in [1.165, 1.54) is 0 Å². The first-order chi connectivity index (χ1) is 14.8. The van der Waals surface area contributed by atoms with Crippen molar-refractivity contribution in [1.29, 1.82) is 0 Å². The molecule has 2 aromatic heterocycles. The molecule has 2 aliphatic heterocycles. The quantitative estimate of drug-likeness (QED) is 0.527. The predicted octanol–water partition coefficient (Wildman–Crippen LogP) is 3.13. The van der Waals surface area contributed by atoms with Gasteiger partial charge in [-0.3, -0.25) is 19.6 Å². The Balaban J connectivity index is 1.54. The van der Waals surface area contributed by atoms with Crippen LogP contribution >= 0.6 is 0 Å². The Morgan fingerprint density at radius 2 is 2.03 bits per heavy atom. The molecule has 2 aliphatic rings. The number of amidine groups is 2. The highest BCUT2D eigenvalue weighted by atomic mass is 16.6. The largest absolute Gasteiger partial charge is 0.460 e. The average molecular weight is 419 g/mol. The Bertz CT molecular complexity index is 1070. The molecule has 0 saturated heterocycles. The number of rotatable bonds is 6. The fourth-order valence-corrected chi connectivity index (χ4v) is 3.53. The summed E-state index contributed by atoms with van der Waals surface area (Å²) in [6.45, 7) is 6.88. The summed E-state index contributed by atoms with van der Waals surface area (Å²) in [7, 11) is 0. The molecule has 31 heavy (non-hydrogen) atoms. The van der Waals surface area contributed by atoms with Gasteiger partial charge in [-0.25, -0.2) is 9.98 Å². The zero-order valence-electron chi connectivity index (χ0n) is 18.0. The molecule has 4 rings (SSSR count). The van der Waals surface area contributed by atoms with Crippen LogP contribution in [0.4, 0.5) is 5.82 Å². The third kappa shape index (κ3) is 4.84. The molecule has 0 spiro atoms. The smallest absolute Gasteiger partial charge is 0.306 e. The molecule has 0 fully saturated rings. The van der Waals surface area contributed by atoms with Crippen molar-refractivity contribution >= 4 is 29.2 Å². The topological polar surface area (TPSA) is 97.1 Å². The van der Waals surface area contributed by atoms with Gasteiger partial charge in [0.2, 0.25) is 0 Å². The second-order valence-electron chi connectivity index (χ2n) is 8.49. The molecule has 0 amide bonds. The van der Waals surface area contributed by atoms with Gasteiger partial charge in [0.1, 0.15) is 17.3 Å². The molecule has 0 radical (unpaired) electrons. The summed E-state index contributed by atoms with van der Waals surface area (Å²) in [5.74, 6) is 1.65. The van der Waals surface area contributed by atoms with Crippen molar-refractivity contribution in [2.75, 3.05) is 13.1 Å². The number of esters is 1. The van der Waals surface area contributed by atoms with E-state index in [-0.39, 0.29) is 24.6 Å². The van der Waals surface area contributed by atoms with Crippen molar-refractivity contribution in [2.45, 2.75) is 45.6 Å². The fraction of sp³-hybridized carbons (Fsp3) is 0.391. The summed E-state index contributed by atoms with van der Waals surface area (Å²) in [6, 6.07) is 7.32. The summed E-state index contributed by atoms with van der Waals surface area (Å²) in [6.07, 6.45) is 4.04. The third-order valence-electron chi connectivity index (χ3n) is 4.87. The number of hydrogen-bond acceptors (Lipinski definition) is 8. The van der Waals surface area contributed by atoms with Gasteiger partial charge in [0.15, 0.2) is 11.6 Å². The fourth-order valence-electron chi connectivity index (χ4n) is 3.53. The van der Waals surface area contributed by atoms with Gasteiger partial charge in [0.05, 0.1) is 24.9 Å². The molecule has 0 aromatic carbocycles. The van der Waals surface area contributed by atoms with E-state index in [0.29, 0.717) is 36.7 Å². The van der Waals surface area contributed by atoms with E-state index in [0.717, 1.165) is 17.1 Å². The lowest BCUT2D eigenvalue weighted by atomic mass is 10.1. The second kappa shape index (κ2) is 8.37. The van der Waals surface area contributed by atoms with Crippen LogP contribution in [0.1, 0.15) is 55.2 Å². The predicted molar refractivity (Wildman–Crippen MR) is 117 cm³/mol. The number of ether oxygens (including phenoxy) is 1. The normalized spacial score (nSPS) is 15.0. The number of aromatic nitrogens is 2. The monoisotopic (exact) mass is 419 g/mol. The number of nitrogens with zero attached hydrogens (tertiary/aromatic N) is 5. The highest BCUT2D eigenvalue weighted by molar-refractivity contribution is 6.20. The molecule has 0 unspecified atom stereocenters. The van der Waals surface area contributed by atoms with Gasteiger partial charge in [-0.05, 0) is 45.0 Å². The minimum Gasteiger partial charge on any atom is -0.460 e. The Morgan fingerprint density at radius 3 is 2.77 bits per heavy atom. The second-order valence-corrected chi connectivity index (χ2v) is 8.49. The van der Waals surface area contributed by atoms with Crippen molar-refractivity contribution < 1.29 is 14.3 Å². The minimum absolute atomic E-state index is 0.0531.